The van der Waals surface area contributed by atoms with Crippen LogP contribution < -0.4 is 4.74 Å². The molecule has 2 nitrogen and oxygen atoms in total. The van der Waals surface area contributed by atoms with E-state index in [4.69, 9.17) is 0 Å². The summed E-state index contributed by atoms with van der Waals surface area (Å²) < 4.78 is 39.1. The van der Waals surface area contributed by atoms with Crippen LogP contribution in [0.15, 0.2) is 23.1 Å². The lowest BCUT2D eigenvalue weighted by Gasteiger charge is -2.10. The molecule has 0 bridgehead atoms. The van der Waals surface area contributed by atoms with Gasteiger partial charge in [-0.25, -0.2) is 0 Å². The number of ether oxygens (including phenoxy) is 1. The van der Waals surface area contributed by atoms with Gasteiger partial charge in [0, 0.05) is 10.5 Å². The Balaban J connectivity index is 3.01. The molecule has 6 heteroatoms. The minimum Gasteiger partial charge on any atom is -0.405 e. The fourth-order valence-electron chi connectivity index (χ4n) is 0.810. The van der Waals surface area contributed by atoms with Crippen LogP contribution in [-0.4, -0.2) is 12.6 Å². The zero-order valence-corrected chi connectivity index (χ0v) is 7.60. The Morgan fingerprint density at radius 3 is 2.50 bits per heavy atom. The quantitative estimate of drug-likeness (QED) is 0.615. The maximum absolute atomic E-state index is 11.8. The van der Waals surface area contributed by atoms with Gasteiger partial charge in [-0.2, -0.15) is 0 Å². The van der Waals surface area contributed by atoms with Crippen molar-refractivity contribution in [2.75, 3.05) is 0 Å². The summed E-state index contributed by atoms with van der Waals surface area (Å²) in [5, 5.41) is 0. The predicted molar refractivity (Wildman–Crippen MR) is 45.8 cm³/mol. The Hall–Kier alpha value is -1.17. The first-order chi connectivity index (χ1) is 6.42. The first-order valence-corrected chi connectivity index (χ1v) is 3.91. The monoisotopic (exact) mass is 222 g/mol. The number of carbonyl (C=O) groups excluding carboxylic acids is 1. The van der Waals surface area contributed by atoms with Crippen molar-refractivity contribution in [1.29, 1.82) is 0 Å². The standard InChI is InChI=1S/C8H5F3O2S/c9-8(10,11)13-6-3-5(4-12)1-2-7(6)14/h1-4,14H. The highest BCUT2D eigenvalue weighted by atomic mass is 32.1. The lowest BCUT2D eigenvalue weighted by Crippen LogP contribution is -2.17. The van der Waals surface area contributed by atoms with Crippen molar-refractivity contribution in [3.05, 3.63) is 23.8 Å². The van der Waals surface area contributed by atoms with Crippen LogP contribution in [0.3, 0.4) is 0 Å². The molecule has 14 heavy (non-hydrogen) atoms. The number of hydrogen-bond acceptors (Lipinski definition) is 3. The first-order valence-electron chi connectivity index (χ1n) is 3.46. The summed E-state index contributed by atoms with van der Waals surface area (Å²) in [7, 11) is 0. The second-order valence-corrected chi connectivity index (χ2v) is 2.87. The molecule has 0 saturated heterocycles. The van der Waals surface area contributed by atoms with Gasteiger partial charge in [0.25, 0.3) is 0 Å². The molecular weight excluding hydrogens is 217 g/mol. The highest BCUT2D eigenvalue weighted by Crippen LogP contribution is 2.29. The SMILES string of the molecule is O=Cc1ccc(S)c(OC(F)(F)F)c1. The average Bonchev–Trinajstić information content (AvgIpc) is 2.06. The third-order valence-corrected chi connectivity index (χ3v) is 1.72. The molecule has 0 spiro atoms. The molecule has 0 radical (unpaired) electrons. The zero-order chi connectivity index (χ0) is 10.8. The van der Waals surface area contributed by atoms with Crippen molar-refractivity contribution in [3.8, 4) is 5.75 Å². The highest BCUT2D eigenvalue weighted by Gasteiger charge is 2.31. The van der Waals surface area contributed by atoms with Crippen LogP contribution in [0.2, 0.25) is 0 Å². The molecule has 0 N–H and O–H groups in total. The van der Waals surface area contributed by atoms with E-state index < -0.39 is 12.1 Å². The van der Waals surface area contributed by atoms with E-state index in [-0.39, 0.29) is 10.5 Å². The minimum atomic E-state index is -4.78. The Morgan fingerprint density at radius 1 is 1.36 bits per heavy atom. The Morgan fingerprint density at radius 2 is 2.00 bits per heavy atom. The fraction of sp³-hybridized carbons (Fsp3) is 0.125. The van der Waals surface area contributed by atoms with Gasteiger partial charge >= 0.3 is 6.36 Å². The van der Waals surface area contributed by atoms with Crippen LogP contribution in [0.4, 0.5) is 13.2 Å². The van der Waals surface area contributed by atoms with Crippen LogP contribution in [0, 0.1) is 0 Å². The van der Waals surface area contributed by atoms with Crippen LogP contribution in [0.25, 0.3) is 0 Å². The minimum absolute atomic E-state index is 0.0212. The van der Waals surface area contributed by atoms with E-state index in [0.717, 1.165) is 6.07 Å². The molecule has 1 aromatic carbocycles. The van der Waals surface area contributed by atoms with Gasteiger partial charge < -0.3 is 4.74 Å². The van der Waals surface area contributed by atoms with Crippen molar-refractivity contribution in [2.24, 2.45) is 0 Å². The molecule has 0 heterocycles. The number of halogens is 3. The van der Waals surface area contributed by atoms with Crippen LogP contribution in [0.1, 0.15) is 10.4 Å². The van der Waals surface area contributed by atoms with Crippen LogP contribution in [-0.2, 0) is 0 Å². The number of alkyl halides is 3. The number of benzene rings is 1. The van der Waals surface area contributed by atoms with Crippen molar-refractivity contribution >= 4 is 18.9 Å². The molecule has 1 aromatic rings. The average molecular weight is 222 g/mol. The maximum Gasteiger partial charge on any atom is 0.573 e. The van der Waals surface area contributed by atoms with Crippen molar-refractivity contribution in [3.63, 3.8) is 0 Å². The summed E-state index contributed by atoms with van der Waals surface area (Å²) in [4.78, 5) is 10.3. The van der Waals surface area contributed by atoms with Crippen molar-refractivity contribution < 1.29 is 22.7 Å². The summed E-state index contributed by atoms with van der Waals surface area (Å²) in [5.74, 6) is -0.481. The molecule has 0 unspecified atom stereocenters. The van der Waals surface area contributed by atoms with Gasteiger partial charge in [-0.1, -0.05) is 6.07 Å². The zero-order valence-electron chi connectivity index (χ0n) is 6.71. The first kappa shape index (κ1) is 10.9. The molecule has 0 amide bonds. The van der Waals surface area contributed by atoms with Gasteiger partial charge in [0.1, 0.15) is 12.0 Å². The molecule has 0 aliphatic carbocycles. The Bertz CT molecular complexity index is 349. The topological polar surface area (TPSA) is 26.3 Å². The summed E-state index contributed by atoms with van der Waals surface area (Å²) in [6.45, 7) is 0. The predicted octanol–water partition coefficient (Wildman–Crippen LogP) is 2.69. The number of aldehydes is 1. The summed E-state index contributed by atoms with van der Waals surface area (Å²) in [6, 6.07) is 3.58. The van der Waals surface area contributed by atoms with Crippen LogP contribution >= 0.6 is 12.6 Å². The normalized spacial score (nSPS) is 11.1. The van der Waals surface area contributed by atoms with Crippen molar-refractivity contribution in [2.45, 2.75) is 11.3 Å². The third-order valence-electron chi connectivity index (χ3n) is 1.35. The van der Waals surface area contributed by atoms with Gasteiger partial charge in [-0.15, -0.1) is 25.8 Å². The van der Waals surface area contributed by atoms with E-state index in [1.807, 2.05) is 0 Å². The van der Waals surface area contributed by atoms with Crippen LogP contribution in [0.5, 0.6) is 5.75 Å². The largest absolute Gasteiger partial charge is 0.573 e. The molecule has 76 valence electrons. The van der Waals surface area contributed by atoms with E-state index in [1.54, 1.807) is 0 Å². The molecule has 0 fully saturated rings. The number of carbonyl (C=O) groups is 1. The molecule has 0 aromatic heterocycles. The fourth-order valence-corrected chi connectivity index (χ4v) is 0.995. The summed E-state index contributed by atoms with van der Waals surface area (Å²) in [6.07, 6.45) is -4.35. The maximum atomic E-state index is 11.8. The van der Waals surface area contributed by atoms with E-state index in [0.29, 0.717) is 6.29 Å². The van der Waals surface area contributed by atoms with Gasteiger partial charge in [-0.3, -0.25) is 4.79 Å². The molecule has 1 rings (SSSR count). The van der Waals surface area contributed by atoms with E-state index in [9.17, 15) is 18.0 Å². The molecule has 0 saturated carbocycles. The smallest absolute Gasteiger partial charge is 0.405 e. The van der Waals surface area contributed by atoms with Gasteiger partial charge in [0.05, 0.1) is 0 Å². The van der Waals surface area contributed by atoms with Gasteiger partial charge in [-0.05, 0) is 12.1 Å². The number of thiol groups is 1. The second kappa shape index (κ2) is 3.91. The van der Waals surface area contributed by atoms with E-state index in [2.05, 4.69) is 17.4 Å². The van der Waals surface area contributed by atoms with Crippen molar-refractivity contribution in [1.82, 2.24) is 0 Å². The summed E-state index contributed by atoms with van der Waals surface area (Å²) in [5.41, 5.74) is 0.0991. The molecular formula is C8H5F3O2S. The Kier molecular flexibility index (Phi) is 3.05. The molecule has 0 atom stereocenters. The highest BCUT2D eigenvalue weighted by molar-refractivity contribution is 7.80. The number of hydrogen-bond donors (Lipinski definition) is 1. The Labute approximate surface area is 83.1 Å². The number of rotatable bonds is 2. The van der Waals surface area contributed by atoms with Gasteiger partial charge in [0.2, 0.25) is 0 Å². The summed E-state index contributed by atoms with van der Waals surface area (Å²) >= 11 is 3.75. The molecule has 0 aliphatic rings. The van der Waals surface area contributed by atoms with E-state index >= 15 is 0 Å². The van der Waals surface area contributed by atoms with Gasteiger partial charge in [0.15, 0.2) is 0 Å². The lowest BCUT2D eigenvalue weighted by atomic mass is 10.2. The lowest BCUT2D eigenvalue weighted by molar-refractivity contribution is -0.275. The van der Waals surface area contributed by atoms with E-state index in [1.165, 1.54) is 12.1 Å². The molecule has 0 aliphatic heterocycles. The third kappa shape index (κ3) is 2.95. The second-order valence-electron chi connectivity index (χ2n) is 2.39.